The first-order chi connectivity index (χ1) is 25.8. The first kappa shape index (κ1) is 56.0. The largest absolute Gasteiger partial charge is 0.400 e. The number of aliphatic hydroxyl groups is 2. The molecule has 54 heavy (non-hydrogen) atoms. The molecule has 0 aliphatic carbocycles. The Kier molecular flexibility index (Phi) is 37.9. The summed E-state index contributed by atoms with van der Waals surface area (Å²) in [5, 5.41) is 22.0. The van der Waals surface area contributed by atoms with Gasteiger partial charge in [-0.3, -0.25) is 20.1 Å². The Morgan fingerprint density at radius 3 is 1.94 bits per heavy atom. The number of pyridine rings is 1. The second-order valence-electron chi connectivity index (χ2n) is 11.2. The van der Waals surface area contributed by atoms with E-state index in [1.54, 1.807) is 6.08 Å². The maximum absolute atomic E-state index is 12.3. The quantitative estimate of drug-likeness (QED) is 0.0500. The average molecular weight is 753 g/mol. The molecule has 0 aliphatic rings. The third-order valence-corrected chi connectivity index (χ3v) is 6.66. The number of aliphatic hydroxyl groups excluding tert-OH is 2. The smallest absolute Gasteiger partial charge is 0.211 e. The zero-order valence-electron chi connectivity index (χ0n) is 34.9. The summed E-state index contributed by atoms with van der Waals surface area (Å²) in [6, 6.07) is 15.6. The predicted molar refractivity (Wildman–Crippen MR) is 229 cm³/mol. The summed E-state index contributed by atoms with van der Waals surface area (Å²) in [5.41, 5.74) is 11.5. The van der Waals surface area contributed by atoms with Crippen molar-refractivity contribution in [3.05, 3.63) is 114 Å². The summed E-state index contributed by atoms with van der Waals surface area (Å²) in [6.45, 7) is 22.6. The molecule has 0 radical (unpaired) electrons. The Morgan fingerprint density at radius 2 is 1.54 bits per heavy atom. The molecule has 2 aromatic carbocycles. The highest BCUT2D eigenvalue weighted by Crippen LogP contribution is 2.24. The molecular weight excluding hydrogens is 684 g/mol. The monoisotopic (exact) mass is 753 g/mol. The molecule has 0 spiro atoms. The molecule has 0 bridgehead atoms. The van der Waals surface area contributed by atoms with Crippen molar-refractivity contribution < 1.29 is 29.0 Å². The number of aldehydes is 1. The lowest BCUT2D eigenvalue weighted by Gasteiger charge is -2.12. The second kappa shape index (κ2) is 36.6. The summed E-state index contributed by atoms with van der Waals surface area (Å²) in [6.07, 6.45) is 14.3. The van der Waals surface area contributed by atoms with Gasteiger partial charge >= 0.3 is 0 Å². The van der Waals surface area contributed by atoms with Gasteiger partial charge in [0.1, 0.15) is 5.82 Å². The molecule has 0 saturated heterocycles. The fourth-order valence-corrected chi connectivity index (χ4v) is 4.18. The number of allylic oxidation sites excluding steroid dienone is 5. The van der Waals surface area contributed by atoms with E-state index in [0.717, 1.165) is 60.6 Å². The van der Waals surface area contributed by atoms with Crippen LogP contribution in [0.15, 0.2) is 91.7 Å². The Bertz CT molecular complexity index is 1470. The van der Waals surface area contributed by atoms with Crippen molar-refractivity contribution in [3.63, 3.8) is 0 Å². The highest BCUT2D eigenvalue weighted by molar-refractivity contribution is 5.96. The number of nitrogens with zero attached hydrogens (tertiary/aromatic N) is 1. The van der Waals surface area contributed by atoms with Crippen LogP contribution in [0.4, 0.5) is 15.9 Å². The van der Waals surface area contributed by atoms with Crippen LogP contribution in [0.3, 0.4) is 0 Å². The van der Waals surface area contributed by atoms with E-state index in [0.29, 0.717) is 18.4 Å². The van der Waals surface area contributed by atoms with Gasteiger partial charge < -0.3 is 20.8 Å². The third-order valence-electron chi connectivity index (χ3n) is 6.66. The van der Waals surface area contributed by atoms with E-state index in [9.17, 15) is 23.9 Å². The minimum atomic E-state index is -2.14. The van der Waals surface area contributed by atoms with Crippen molar-refractivity contribution in [1.82, 2.24) is 4.98 Å². The van der Waals surface area contributed by atoms with E-state index in [1.807, 2.05) is 135 Å². The lowest BCUT2D eigenvalue weighted by molar-refractivity contribution is -0.116. The number of hydrogen-bond donors (Lipinski definition) is 5. The van der Waals surface area contributed by atoms with Gasteiger partial charge in [-0.05, 0) is 75.8 Å². The molecular formula is C44H69FN4O5. The zero-order chi connectivity index (χ0) is 42.5. The summed E-state index contributed by atoms with van der Waals surface area (Å²) >= 11 is 0. The van der Waals surface area contributed by atoms with Crippen LogP contribution in [0, 0.1) is 26.7 Å². The lowest BCUT2D eigenvalue weighted by Crippen LogP contribution is -2.31. The summed E-state index contributed by atoms with van der Waals surface area (Å²) in [4.78, 5) is 36.2. The van der Waals surface area contributed by atoms with Crippen molar-refractivity contribution in [1.29, 1.82) is 0 Å². The Balaban J connectivity index is -0.000000345. The number of rotatable bonds is 13. The van der Waals surface area contributed by atoms with Crippen molar-refractivity contribution in [3.8, 4) is 11.1 Å². The molecule has 0 saturated carbocycles. The number of aryl methyl sites for hydroxylation is 3. The van der Waals surface area contributed by atoms with Gasteiger partial charge in [0.2, 0.25) is 12.2 Å². The molecule has 2 atom stereocenters. The number of hydrogen-bond acceptors (Lipinski definition) is 8. The number of amides is 1. The molecule has 10 heteroatoms. The lowest BCUT2D eigenvalue weighted by atomic mass is 9.94. The van der Waals surface area contributed by atoms with E-state index in [-0.39, 0.29) is 24.6 Å². The number of carbonyl (C=O) groups excluding carboxylic acids is 3. The molecule has 6 N–H and O–H groups in total. The molecule has 3 aromatic rings. The number of carbonyl (C=O) groups is 3. The predicted octanol–water partition coefficient (Wildman–Crippen LogP) is 9.75. The van der Waals surface area contributed by atoms with Crippen LogP contribution in [-0.2, 0) is 9.59 Å². The highest BCUT2D eigenvalue weighted by Gasteiger charge is 2.14. The molecule has 1 aromatic heterocycles. The van der Waals surface area contributed by atoms with Gasteiger partial charge in [0.25, 0.3) is 0 Å². The number of aromatic nitrogens is 1. The Labute approximate surface area is 325 Å². The number of halogens is 1. The van der Waals surface area contributed by atoms with Gasteiger partial charge in [0, 0.05) is 50.2 Å². The Morgan fingerprint density at radius 1 is 0.963 bits per heavy atom. The van der Waals surface area contributed by atoms with Crippen LogP contribution >= 0.6 is 0 Å². The number of alkyl halides is 1. The standard InChI is InChI=1S/C20H26N2O2.C9H11NO.C7H10.C3H6FNO.2C2H6.CH4O/c1-4-5-15(13-23)11-19(24)17-8-6-16(7-9-17)18-10-14(2)20(21-3)22-12-18;1-7-3-4-9(10-6-11)8(2)5-7;1-3-5-7-6-4-2;1-3(4,5)2-6;3*1-2/h6-10,12,15,23H,4-5,11,13H2,1-3H3,(H,21,22);3-6H,1-2H3,(H,10,11);3-7H,1H2,2H3;2H,5H2,1H3;2*1-2H3;2H,1H3/b;;6-4-,7-5-;;;;. The SMILES string of the molecule is C=C/C=C\C=C/C.CC.CC.CC(N)(F)C=O.CCCC(CO)CC(=O)c1ccc(-c2cnc(NC)c(C)c2)cc1.CO.Cc1ccc(NC=O)c(C)c1. The normalized spacial score (nSPS) is 11.1. The average Bonchev–Trinajstić information content (AvgIpc) is 3.19. The fraction of sp³-hybridized carbons (Fsp3) is 0.409. The van der Waals surface area contributed by atoms with Crippen LogP contribution in [0.1, 0.15) is 94.8 Å². The molecule has 9 nitrogen and oxygen atoms in total. The molecule has 0 aliphatic heterocycles. The number of Topliss-reactive ketones (excluding diaryl/α,β-unsaturated/α-hetero) is 1. The van der Waals surface area contributed by atoms with Gasteiger partial charge in [-0.1, -0.05) is 120 Å². The minimum absolute atomic E-state index is 0.0486. The Hall–Kier alpha value is -4.77. The van der Waals surface area contributed by atoms with Gasteiger partial charge in [0.15, 0.2) is 12.1 Å². The van der Waals surface area contributed by atoms with E-state index in [4.69, 9.17) is 5.11 Å². The fourth-order valence-electron chi connectivity index (χ4n) is 4.18. The summed E-state index contributed by atoms with van der Waals surface area (Å²) in [7, 11) is 2.85. The second-order valence-corrected chi connectivity index (χ2v) is 11.2. The first-order valence-electron chi connectivity index (χ1n) is 18.3. The van der Waals surface area contributed by atoms with Crippen LogP contribution in [-0.4, -0.2) is 60.2 Å². The number of ketones is 1. The van der Waals surface area contributed by atoms with Crippen LogP contribution in [0.25, 0.3) is 11.1 Å². The molecule has 0 fully saturated rings. The third kappa shape index (κ3) is 27.8. The maximum Gasteiger partial charge on any atom is 0.211 e. The van der Waals surface area contributed by atoms with Gasteiger partial charge in [0.05, 0.1) is 0 Å². The van der Waals surface area contributed by atoms with Crippen LogP contribution in [0.2, 0.25) is 0 Å². The van der Waals surface area contributed by atoms with Gasteiger partial charge in [-0.25, -0.2) is 9.37 Å². The summed E-state index contributed by atoms with van der Waals surface area (Å²) in [5.74, 6) is -1.12. The molecule has 1 heterocycles. The van der Waals surface area contributed by atoms with Crippen molar-refractivity contribution >= 4 is 30.0 Å². The minimum Gasteiger partial charge on any atom is -0.400 e. The molecule has 302 valence electrons. The van der Waals surface area contributed by atoms with Crippen LogP contribution < -0.4 is 16.4 Å². The van der Waals surface area contributed by atoms with Crippen LogP contribution in [0.5, 0.6) is 0 Å². The van der Waals surface area contributed by atoms with Crippen molar-refractivity contribution in [2.75, 3.05) is 31.4 Å². The molecule has 3 rings (SSSR count). The number of nitrogens with one attached hydrogen (secondary N) is 2. The van der Waals surface area contributed by atoms with Gasteiger partial charge in [-0.15, -0.1) is 0 Å². The van der Waals surface area contributed by atoms with Crippen molar-refractivity contribution in [2.45, 2.75) is 94.3 Å². The maximum atomic E-state index is 12.3. The van der Waals surface area contributed by atoms with E-state index >= 15 is 0 Å². The van der Waals surface area contributed by atoms with Gasteiger partial charge in [-0.2, -0.15) is 0 Å². The first-order valence-corrected chi connectivity index (χ1v) is 18.3. The highest BCUT2D eigenvalue weighted by atomic mass is 19.1. The molecule has 1 amide bonds. The number of anilines is 2. The van der Waals surface area contributed by atoms with E-state index < -0.39 is 5.79 Å². The van der Waals surface area contributed by atoms with E-state index in [1.165, 1.54) is 5.56 Å². The van der Waals surface area contributed by atoms with E-state index in [2.05, 4.69) is 40.9 Å². The zero-order valence-corrected chi connectivity index (χ0v) is 34.9. The van der Waals surface area contributed by atoms with Crippen molar-refractivity contribution in [2.24, 2.45) is 11.7 Å². The summed E-state index contributed by atoms with van der Waals surface area (Å²) < 4.78 is 11.5. The number of nitrogens with two attached hydrogens (primary N) is 1. The topological polar surface area (TPSA) is 155 Å². The molecule has 2 unspecified atom stereocenters. The number of benzene rings is 2.